The molecule has 1 aromatic heterocycles. The lowest BCUT2D eigenvalue weighted by atomic mass is 10.2. The lowest BCUT2D eigenvalue weighted by Gasteiger charge is -2.21. The Hall–Kier alpha value is -1.96. The highest BCUT2D eigenvalue weighted by atomic mass is 79.9. The van der Waals surface area contributed by atoms with Crippen LogP contribution in [0, 0.1) is 6.92 Å². The second kappa shape index (κ2) is 9.03. The van der Waals surface area contributed by atoms with Gasteiger partial charge in [0.15, 0.2) is 5.13 Å². The first-order valence-electron chi connectivity index (χ1n) is 9.07. The molecule has 3 aromatic rings. The van der Waals surface area contributed by atoms with Crippen molar-refractivity contribution in [1.82, 2.24) is 9.88 Å². The van der Waals surface area contributed by atoms with Crippen LogP contribution in [0.5, 0.6) is 5.75 Å². The van der Waals surface area contributed by atoms with Gasteiger partial charge in [-0.1, -0.05) is 39.4 Å². The smallest absolute Gasteiger partial charge is 0.260 e. The van der Waals surface area contributed by atoms with Crippen molar-refractivity contribution in [2.45, 2.75) is 13.3 Å². The van der Waals surface area contributed by atoms with Gasteiger partial charge in [-0.2, -0.15) is 0 Å². The molecule has 0 aliphatic carbocycles. The third-order valence-corrected chi connectivity index (χ3v) is 6.15. The summed E-state index contributed by atoms with van der Waals surface area (Å²) < 4.78 is 7.41. The van der Waals surface area contributed by atoms with E-state index in [0.29, 0.717) is 17.2 Å². The van der Waals surface area contributed by atoms with E-state index in [-0.39, 0.29) is 5.91 Å². The summed E-state index contributed by atoms with van der Waals surface area (Å²) in [5.74, 6) is 0.682. The van der Waals surface area contributed by atoms with Gasteiger partial charge in [-0.15, -0.1) is 0 Å². The van der Waals surface area contributed by atoms with Crippen molar-refractivity contribution in [3.63, 3.8) is 0 Å². The number of ether oxygens (including phenoxy) is 1. The number of amides is 1. The van der Waals surface area contributed by atoms with Crippen LogP contribution in [0.4, 0.5) is 5.13 Å². The summed E-state index contributed by atoms with van der Waals surface area (Å²) in [6.07, 6.45) is 0.860. The van der Waals surface area contributed by atoms with Crippen molar-refractivity contribution in [3.05, 3.63) is 52.0 Å². The van der Waals surface area contributed by atoms with Crippen molar-refractivity contribution in [1.29, 1.82) is 0 Å². The fourth-order valence-electron chi connectivity index (χ4n) is 2.99. The van der Waals surface area contributed by atoms with Gasteiger partial charge in [-0.25, -0.2) is 4.98 Å². The number of thiazole rings is 1. The SMILES string of the molecule is COc1ccc(C)c2sc(N(CCCN(C)C)C(=O)c3cccc(Br)c3)nc12. The number of halogens is 1. The molecule has 2 aromatic carbocycles. The number of anilines is 1. The van der Waals surface area contributed by atoms with E-state index in [4.69, 9.17) is 9.72 Å². The van der Waals surface area contributed by atoms with E-state index in [1.54, 1.807) is 12.0 Å². The van der Waals surface area contributed by atoms with Gasteiger partial charge >= 0.3 is 0 Å². The topological polar surface area (TPSA) is 45.7 Å². The number of rotatable bonds is 7. The molecule has 28 heavy (non-hydrogen) atoms. The van der Waals surface area contributed by atoms with Crippen molar-refractivity contribution < 1.29 is 9.53 Å². The molecule has 0 N–H and O–H groups in total. The summed E-state index contributed by atoms with van der Waals surface area (Å²) in [6.45, 7) is 3.55. The molecule has 1 heterocycles. The minimum absolute atomic E-state index is 0.0456. The Bertz CT molecular complexity index is 987. The van der Waals surface area contributed by atoms with Crippen LogP contribution in [-0.2, 0) is 0 Å². The summed E-state index contributed by atoms with van der Waals surface area (Å²) >= 11 is 4.99. The average Bonchev–Trinajstić information content (AvgIpc) is 3.11. The van der Waals surface area contributed by atoms with Gasteiger partial charge in [0, 0.05) is 16.6 Å². The van der Waals surface area contributed by atoms with Crippen LogP contribution in [0.15, 0.2) is 40.9 Å². The number of nitrogens with zero attached hydrogens (tertiary/aromatic N) is 3. The van der Waals surface area contributed by atoms with E-state index in [1.165, 1.54) is 11.3 Å². The minimum atomic E-state index is -0.0456. The summed E-state index contributed by atoms with van der Waals surface area (Å²) in [5, 5.41) is 0.700. The molecule has 0 bridgehead atoms. The Morgan fingerprint density at radius 2 is 2.00 bits per heavy atom. The fourth-order valence-corrected chi connectivity index (χ4v) is 4.46. The Morgan fingerprint density at radius 3 is 2.68 bits per heavy atom. The molecule has 3 rings (SSSR count). The van der Waals surface area contributed by atoms with Crippen LogP contribution < -0.4 is 9.64 Å². The molecule has 0 unspecified atom stereocenters. The summed E-state index contributed by atoms with van der Waals surface area (Å²) in [5.41, 5.74) is 2.58. The van der Waals surface area contributed by atoms with E-state index in [2.05, 4.69) is 27.8 Å². The number of carbonyl (C=O) groups excluding carboxylic acids is 1. The number of benzene rings is 2. The maximum atomic E-state index is 13.3. The standard InChI is InChI=1S/C21H24BrN3O2S/c1-14-9-10-17(27-4)18-19(14)28-21(23-18)25(12-6-11-24(2)3)20(26)15-7-5-8-16(22)13-15/h5,7-10,13H,6,11-12H2,1-4H3. The molecule has 0 saturated carbocycles. The molecule has 0 aliphatic rings. The number of methoxy groups -OCH3 is 1. The number of fused-ring (bicyclic) bond motifs is 1. The third kappa shape index (κ3) is 4.54. The Morgan fingerprint density at radius 1 is 1.21 bits per heavy atom. The zero-order chi connectivity index (χ0) is 20.3. The molecule has 0 spiro atoms. The van der Waals surface area contributed by atoms with Gasteiger partial charge in [0.1, 0.15) is 11.3 Å². The van der Waals surface area contributed by atoms with Gasteiger partial charge in [0.25, 0.3) is 5.91 Å². The third-order valence-electron chi connectivity index (χ3n) is 4.45. The molecule has 5 nitrogen and oxygen atoms in total. The summed E-state index contributed by atoms with van der Waals surface area (Å²) in [6, 6.07) is 11.4. The van der Waals surface area contributed by atoms with E-state index in [9.17, 15) is 4.79 Å². The number of aromatic nitrogens is 1. The predicted octanol–water partition coefficient (Wildman–Crippen LogP) is 4.97. The van der Waals surface area contributed by atoms with Crippen LogP contribution in [0.2, 0.25) is 0 Å². The van der Waals surface area contributed by atoms with Crippen molar-refractivity contribution in [2.24, 2.45) is 0 Å². The van der Waals surface area contributed by atoms with Gasteiger partial charge in [0.05, 0.1) is 11.8 Å². The largest absolute Gasteiger partial charge is 0.494 e. The maximum absolute atomic E-state index is 13.3. The lowest BCUT2D eigenvalue weighted by molar-refractivity contribution is 0.0986. The van der Waals surface area contributed by atoms with Gasteiger partial charge in [0.2, 0.25) is 0 Å². The first-order valence-corrected chi connectivity index (χ1v) is 10.7. The highest BCUT2D eigenvalue weighted by Gasteiger charge is 2.23. The van der Waals surface area contributed by atoms with Crippen LogP contribution in [0.1, 0.15) is 22.3 Å². The monoisotopic (exact) mass is 461 g/mol. The Labute approximate surface area is 178 Å². The number of aryl methyl sites for hydroxylation is 1. The first kappa shape index (κ1) is 20.8. The van der Waals surface area contributed by atoms with Crippen molar-refractivity contribution in [3.8, 4) is 5.75 Å². The first-order chi connectivity index (χ1) is 13.4. The quantitative estimate of drug-likeness (QED) is 0.497. The molecule has 148 valence electrons. The van der Waals surface area contributed by atoms with E-state index in [0.717, 1.165) is 39.0 Å². The van der Waals surface area contributed by atoms with E-state index < -0.39 is 0 Å². The predicted molar refractivity (Wildman–Crippen MR) is 120 cm³/mol. The van der Waals surface area contributed by atoms with Gasteiger partial charge in [-0.3, -0.25) is 9.69 Å². The molecule has 0 atom stereocenters. The zero-order valence-electron chi connectivity index (χ0n) is 16.5. The average molecular weight is 462 g/mol. The Balaban J connectivity index is 2.02. The van der Waals surface area contributed by atoms with E-state index >= 15 is 0 Å². The van der Waals surface area contributed by atoms with E-state index in [1.807, 2.05) is 50.5 Å². The minimum Gasteiger partial charge on any atom is -0.494 e. The normalized spacial score (nSPS) is 11.2. The second-order valence-corrected chi connectivity index (χ2v) is 8.78. The number of hydrogen-bond donors (Lipinski definition) is 0. The molecule has 1 amide bonds. The molecule has 0 saturated heterocycles. The van der Waals surface area contributed by atoms with Crippen LogP contribution in [-0.4, -0.2) is 50.1 Å². The number of hydrogen-bond acceptors (Lipinski definition) is 5. The van der Waals surface area contributed by atoms with Crippen LogP contribution in [0.3, 0.4) is 0 Å². The van der Waals surface area contributed by atoms with Crippen LogP contribution >= 0.6 is 27.3 Å². The lowest BCUT2D eigenvalue weighted by Crippen LogP contribution is -2.33. The van der Waals surface area contributed by atoms with Gasteiger partial charge in [-0.05, 0) is 63.8 Å². The number of carbonyl (C=O) groups is 1. The summed E-state index contributed by atoms with van der Waals surface area (Å²) in [7, 11) is 5.71. The molecular formula is C21H24BrN3O2S. The van der Waals surface area contributed by atoms with Gasteiger partial charge < -0.3 is 9.64 Å². The zero-order valence-corrected chi connectivity index (χ0v) is 18.9. The highest BCUT2D eigenvalue weighted by molar-refractivity contribution is 9.10. The highest BCUT2D eigenvalue weighted by Crippen LogP contribution is 2.37. The molecule has 7 heteroatoms. The second-order valence-electron chi connectivity index (χ2n) is 6.88. The molecule has 0 aliphatic heterocycles. The summed E-state index contributed by atoms with van der Waals surface area (Å²) in [4.78, 5) is 22.0. The molecular weight excluding hydrogens is 438 g/mol. The van der Waals surface area contributed by atoms with Crippen molar-refractivity contribution >= 4 is 48.5 Å². The van der Waals surface area contributed by atoms with Crippen molar-refractivity contribution in [2.75, 3.05) is 39.2 Å². The molecule has 0 fully saturated rings. The Kier molecular flexibility index (Phi) is 6.69. The maximum Gasteiger partial charge on any atom is 0.260 e. The van der Waals surface area contributed by atoms with Crippen LogP contribution in [0.25, 0.3) is 10.2 Å². The fraction of sp³-hybridized carbons (Fsp3) is 0.333. The molecule has 0 radical (unpaired) electrons.